The molecule has 8 nitrogen and oxygen atoms in total. The van der Waals surface area contributed by atoms with Gasteiger partial charge < -0.3 is 20.1 Å². The number of nitrogens with zero attached hydrogens (tertiary/aromatic N) is 2. The van der Waals surface area contributed by atoms with Gasteiger partial charge in [0.15, 0.2) is 11.5 Å². The average Bonchev–Trinajstić information content (AvgIpc) is 3.28. The molecular weight excluding hydrogens is 384 g/mol. The summed E-state index contributed by atoms with van der Waals surface area (Å²) in [5.74, 6) is 0.985. The first-order valence-electron chi connectivity index (χ1n) is 9.67. The van der Waals surface area contributed by atoms with Crippen LogP contribution in [0.3, 0.4) is 0 Å². The topological polar surface area (TPSA) is 94.5 Å². The Morgan fingerprint density at radius 2 is 1.80 bits per heavy atom. The zero-order chi connectivity index (χ0) is 20.9. The van der Waals surface area contributed by atoms with Gasteiger partial charge in [-0.05, 0) is 48.9 Å². The maximum Gasteiger partial charge on any atom is 0.248 e. The highest BCUT2D eigenvalue weighted by atomic mass is 16.6. The Bertz CT molecular complexity index is 1050. The smallest absolute Gasteiger partial charge is 0.248 e. The highest BCUT2D eigenvalue weighted by Gasteiger charge is 2.16. The molecule has 154 valence electrons. The van der Waals surface area contributed by atoms with Crippen molar-refractivity contribution in [1.82, 2.24) is 9.78 Å². The second kappa shape index (κ2) is 8.69. The molecule has 1 atom stereocenters. The van der Waals surface area contributed by atoms with Crippen molar-refractivity contribution < 1.29 is 19.1 Å². The van der Waals surface area contributed by atoms with Crippen LogP contribution in [0.5, 0.6) is 11.5 Å². The number of fused-ring (bicyclic) bond motifs is 1. The molecule has 0 spiro atoms. The summed E-state index contributed by atoms with van der Waals surface area (Å²) in [6.07, 6.45) is 3.56. The minimum Gasteiger partial charge on any atom is -0.486 e. The molecule has 1 aliphatic heterocycles. The molecule has 0 saturated heterocycles. The number of amides is 2. The van der Waals surface area contributed by atoms with Gasteiger partial charge in [0.05, 0.1) is 6.42 Å². The van der Waals surface area contributed by atoms with E-state index in [1.807, 2.05) is 18.2 Å². The third-order valence-electron chi connectivity index (χ3n) is 4.69. The number of carbonyl (C=O) groups is 2. The van der Waals surface area contributed by atoms with Crippen molar-refractivity contribution in [3.05, 3.63) is 66.5 Å². The number of hydrogen-bond acceptors (Lipinski definition) is 5. The van der Waals surface area contributed by atoms with Crippen LogP contribution in [-0.4, -0.2) is 34.8 Å². The molecular formula is C22H22N4O4. The van der Waals surface area contributed by atoms with Gasteiger partial charge in [-0.25, -0.2) is 0 Å². The largest absolute Gasteiger partial charge is 0.486 e. The van der Waals surface area contributed by atoms with E-state index in [2.05, 4.69) is 15.7 Å². The minimum atomic E-state index is -0.451. The average molecular weight is 406 g/mol. The van der Waals surface area contributed by atoms with Crippen LogP contribution in [0, 0.1) is 0 Å². The lowest BCUT2D eigenvalue weighted by atomic mass is 10.1. The number of rotatable bonds is 6. The minimum absolute atomic E-state index is 0.167. The first kappa shape index (κ1) is 19.5. The van der Waals surface area contributed by atoms with Gasteiger partial charge in [0, 0.05) is 23.8 Å². The molecule has 4 rings (SSSR count). The summed E-state index contributed by atoms with van der Waals surface area (Å²) >= 11 is 0. The molecule has 2 amide bonds. The quantitative estimate of drug-likeness (QED) is 0.656. The molecule has 0 fully saturated rings. The van der Waals surface area contributed by atoms with Crippen LogP contribution in [-0.2, 0) is 16.0 Å². The van der Waals surface area contributed by atoms with E-state index < -0.39 is 6.04 Å². The van der Waals surface area contributed by atoms with Crippen LogP contribution in [0.15, 0.2) is 60.9 Å². The lowest BCUT2D eigenvalue weighted by Gasteiger charge is -2.18. The lowest BCUT2D eigenvalue weighted by molar-refractivity contribution is -0.119. The molecule has 1 aliphatic rings. The summed E-state index contributed by atoms with van der Waals surface area (Å²) in [5, 5.41) is 9.79. The van der Waals surface area contributed by atoms with Gasteiger partial charge in [-0.3, -0.25) is 14.3 Å². The lowest BCUT2D eigenvalue weighted by Crippen LogP contribution is -2.24. The van der Waals surface area contributed by atoms with Gasteiger partial charge in [0.2, 0.25) is 11.8 Å². The summed E-state index contributed by atoms with van der Waals surface area (Å²) in [6.45, 7) is 2.79. The van der Waals surface area contributed by atoms with Crippen molar-refractivity contribution in [2.45, 2.75) is 19.4 Å². The molecule has 0 saturated carbocycles. The highest BCUT2D eigenvalue weighted by molar-refractivity contribution is 5.96. The molecule has 1 aromatic heterocycles. The van der Waals surface area contributed by atoms with Crippen molar-refractivity contribution in [1.29, 1.82) is 0 Å². The Balaban J connectivity index is 1.37. The summed E-state index contributed by atoms with van der Waals surface area (Å²) in [6, 6.07) is 13.8. The van der Waals surface area contributed by atoms with Gasteiger partial charge in [-0.15, -0.1) is 0 Å². The Morgan fingerprint density at radius 1 is 1.03 bits per heavy atom. The van der Waals surface area contributed by atoms with Crippen molar-refractivity contribution >= 4 is 23.2 Å². The number of carbonyl (C=O) groups excluding carboxylic acids is 2. The van der Waals surface area contributed by atoms with Crippen LogP contribution in [0.25, 0.3) is 0 Å². The van der Waals surface area contributed by atoms with Crippen LogP contribution in [0.2, 0.25) is 0 Å². The number of benzene rings is 2. The van der Waals surface area contributed by atoms with E-state index >= 15 is 0 Å². The molecule has 3 aromatic rings. The second-order valence-corrected chi connectivity index (χ2v) is 6.94. The fourth-order valence-corrected chi connectivity index (χ4v) is 3.14. The first-order valence-corrected chi connectivity index (χ1v) is 9.67. The molecule has 30 heavy (non-hydrogen) atoms. The van der Waals surface area contributed by atoms with E-state index in [4.69, 9.17) is 9.47 Å². The maximum atomic E-state index is 12.5. The predicted octanol–water partition coefficient (Wildman–Crippen LogP) is 3.04. The Labute approximate surface area is 173 Å². The molecule has 2 N–H and O–H groups in total. The van der Waals surface area contributed by atoms with E-state index in [0.717, 1.165) is 5.56 Å². The van der Waals surface area contributed by atoms with Gasteiger partial charge in [0.1, 0.15) is 19.3 Å². The molecule has 0 bridgehead atoms. The third-order valence-corrected chi connectivity index (χ3v) is 4.69. The SMILES string of the molecule is CC(C(=O)Nc1cccc(NC(=O)Cc2ccc3c(c2)OCCO3)c1)n1cccn1. The third kappa shape index (κ3) is 4.60. The summed E-state index contributed by atoms with van der Waals surface area (Å²) < 4.78 is 12.6. The molecule has 2 aromatic carbocycles. The zero-order valence-corrected chi connectivity index (χ0v) is 16.5. The normalized spacial score (nSPS) is 13.4. The Morgan fingerprint density at radius 3 is 2.57 bits per heavy atom. The maximum absolute atomic E-state index is 12.5. The van der Waals surface area contributed by atoms with E-state index in [9.17, 15) is 9.59 Å². The van der Waals surface area contributed by atoms with Crippen molar-refractivity contribution in [2.24, 2.45) is 0 Å². The summed E-state index contributed by atoms with van der Waals surface area (Å²) in [5.41, 5.74) is 2.02. The predicted molar refractivity (Wildman–Crippen MR) is 112 cm³/mol. The highest BCUT2D eigenvalue weighted by Crippen LogP contribution is 2.31. The molecule has 0 aliphatic carbocycles. The van der Waals surface area contributed by atoms with E-state index in [-0.39, 0.29) is 18.2 Å². The van der Waals surface area contributed by atoms with E-state index in [0.29, 0.717) is 36.1 Å². The van der Waals surface area contributed by atoms with Crippen LogP contribution >= 0.6 is 0 Å². The van der Waals surface area contributed by atoms with Gasteiger partial charge in [0.25, 0.3) is 0 Å². The number of nitrogens with one attached hydrogen (secondary N) is 2. The van der Waals surface area contributed by atoms with Crippen molar-refractivity contribution in [3.8, 4) is 11.5 Å². The van der Waals surface area contributed by atoms with Gasteiger partial charge in [-0.2, -0.15) is 5.10 Å². The van der Waals surface area contributed by atoms with Crippen LogP contribution in [0.4, 0.5) is 11.4 Å². The van der Waals surface area contributed by atoms with Crippen molar-refractivity contribution in [3.63, 3.8) is 0 Å². The fraction of sp³-hybridized carbons (Fsp3) is 0.227. The van der Waals surface area contributed by atoms with Crippen LogP contribution < -0.4 is 20.1 Å². The monoisotopic (exact) mass is 406 g/mol. The molecule has 8 heteroatoms. The number of ether oxygens (including phenoxy) is 2. The Hall–Kier alpha value is -3.81. The van der Waals surface area contributed by atoms with E-state index in [1.54, 1.807) is 54.3 Å². The summed E-state index contributed by atoms with van der Waals surface area (Å²) in [4.78, 5) is 24.9. The van der Waals surface area contributed by atoms with E-state index in [1.165, 1.54) is 0 Å². The number of aromatic nitrogens is 2. The summed E-state index contributed by atoms with van der Waals surface area (Å²) in [7, 11) is 0. The first-order chi connectivity index (χ1) is 14.6. The fourth-order valence-electron chi connectivity index (χ4n) is 3.14. The molecule has 1 unspecified atom stereocenters. The number of anilines is 2. The second-order valence-electron chi connectivity index (χ2n) is 6.94. The number of hydrogen-bond donors (Lipinski definition) is 2. The molecule has 2 heterocycles. The van der Waals surface area contributed by atoms with Gasteiger partial charge >= 0.3 is 0 Å². The zero-order valence-electron chi connectivity index (χ0n) is 16.5. The van der Waals surface area contributed by atoms with Crippen LogP contribution in [0.1, 0.15) is 18.5 Å². The molecule has 0 radical (unpaired) electrons. The van der Waals surface area contributed by atoms with Gasteiger partial charge in [-0.1, -0.05) is 12.1 Å². The standard InChI is InChI=1S/C22H22N4O4/c1-15(26-9-3-8-23-26)22(28)25-18-5-2-4-17(14-18)24-21(27)13-16-6-7-19-20(12-16)30-11-10-29-19/h2-9,12,14-15H,10-11,13H2,1H3,(H,24,27)(H,25,28). The van der Waals surface area contributed by atoms with Crippen molar-refractivity contribution in [2.75, 3.05) is 23.8 Å². The Kier molecular flexibility index (Phi) is 5.65.